The number of benzene rings is 1. The van der Waals surface area contributed by atoms with Gasteiger partial charge in [-0.1, -0.05) is 43.2 Å². The highest BCUT2D eigenvalue weighted by atomic mass is 16.2. The number of hydrogen-bond donors (Lipinski definition) is 1. The molecule has 126 valence electrons. The molecular weight excluding hydrogens is 300 g/mol. The number of amides is 2. The van der Waals surface area contributed by atoms with E-state index in [1.54, 1.807) is 6.20 Å². The van der Waals surface area contributed by atoms with Crippen LogP contribution in [0.25, 0.3) is 11.3 Å². The van der Waals surface area contributed by atoms with Gasteiger partial charge in [-0.05, 0) is 24.7 Å². The Morgan fingerprint density at radius 3 is 2.67 bits per heavy atom. The summed E-state index contributed by atoms with van der Waals surface area (Å²) in [5, 5.41) is 7.41. The van der Waals surface area contributed by atoms with Crippen molar-refractivity contribution in [3.63, 3.8) is 0 Å². The third-order valence-electron chi connectivity index (χ3n) is 5.62. The van der Waals surface area contributed by atoms with Gasteiger partial charge in [-0.3, -0.25) is 4.68 Å². The summed E-state index contributed by atoms with van der Waals surface area (Å²) in [5.74, 6) is 0. The number of hydrogen-bond acceptors (Lipinski definition) is 2. The molecule has 1 saturated heterocycles. The molecule has 0 unspecified atom stereocenters. The quantitative estimate of drug-likeness (QED) is 0.911. The third kappa shape index (κ3) is 2.68. The lowest BCUT2D eigenvalue weighted by Gasteiger charge is -2.23. The summed E-state index contributed by atoms with van der Waals surface area (Å²) in [5.41, 5.74) is 3.18. The fourth-order valence-electron chi connectivity index (χ4n) is 4.30. The van der Waals surface area contributed by atoms with E-state index in [0.29, 0.717) is 5.41 Å². The summed E-state index contributed by atoms with van der Waals surface area (Å²) in [6.45, 7) is 1.77. The summed E-state index contributed by atoms with van der Waals surface area (Å²) in [6, 6.07) is 10.1. The van der Waals surface area contributed by atoms with Crippen molar-refractivity contribution >= 4 is 11.7 Å². The number of anilines is 1. The monoisotopic (exact) mass is 324 g/mol. The maximum Gasteiger partial charge on any atom is 0.321 e. The minimum absolute atomic E-state index is 0.00366. The molecule has 1 aromatic carbocycles. The van der Waals surface area contributed by atoms with E-state index in [0.717, 1.165) is 36.5 Å². The van der Waals surface area contributed by atoms with E-state index in [4.69, 9.17) is 0 Å². The van der Waals surface area contributed by atoms with Crippen molar-refractivity contribution in [2.24, 2.45) is 12.5 Å². The molecule has 2 aromatic rings. The maximum absolute atomic E-state index is 12.7. The normalized spacial score (nSPS) is 19.1. The van der Waals surface area contributed by atoms with Gasteiger partial charge in [0.1, 0.15) is 0 Å². The van der Waals surface area contributed by atoms with Crippen LogP contribution in [0, 0.1) is 5.41 Å². The molecule has 0 atom stereocenters. The van der Waals surface area contributed by atoms with Gasteiger partial charge >= 0.3 is 6.03 Å². The molecule has 2 aliphatic rings. The molecule has 0 radical (unpaired) electrons. The second-order valence-corrected chi connectivity index (χ2v) is 7.21. The minimum atomic E-state index is 0.00366. The standard InChI is InChI=1S/C19H24N4O/c1-22-17(15-7-3-2-4-8-15)16(13-20-22)21-18(24)23-12-11-19(14-23)9-5-6-10-19/h2-4,7-8,13H,5-6,9-12,14H2,1H3,(H,21,24). The van der Waals surface area contributed by atoms with E-state index >= 15 is 0 Å². The molecule has 0 bridgehead atoms. The lowest BCUT2D eigenvalue weighted by atomic mass is 9.86. The van der Waals surface area contributed by atoms with E-state index in [1.165, 1.54) is 25.7 Å². The topological polar surface area (TPSA) is 50.2 Å². The Balaban J connectivity index is 1.51. The van der Waals surface area contributed by atoms with Crippen molar-refractivity contribution in [1.29, 1.82) is 0 Å². The first kappa shape index (κ1) is 15.2. The van der Waals surface area contributed by atoms with E-state index in [-0.39, 0.29) is 6.03 Å². The number of urea groups is 1. The SMILES string of the molecule is Cn1ncc(NC(=O)N2CCC3(CCCC3)C2)c1-c1ccccc1. The van der Waals surface area contributed by atoms with Crippen molar-refractivity contribution in [1.82, 2.24) is 14.7 Å². The second kappa shape index (κ2) is 5.96. The summed E-state index contributed by atoms with van der Waals surface area (Å²) in [4.78, 5) is 14.7. The number of aromatic nitrogens is 2. The number of carbonyl (C=O) groups is 1. The average Bonchev–Trinajstić information content (AvgIpc) is 3.31. The maximum atomic E-state index is 12.7. The van der Waals surface area contributed by atoms with Crippen LogP contribution in [0.5, 0.6) is 0 Å². The van der Waals surface area contributed by atoms with Gasteiger partial charge in [-0.15, -0.1) is 0 Å². The lowest BCUT2D eigenvalue weighted by molar-refractivity contribution is 0.213. The number of nitrogens with one attached hydrogen (secondary N) is 1. The van der Waals surface area contributed by atoms with Gasteiger partial charge < -0.3 is 10.2 Å². The highest BCUT2D eigenvalue weighted by Crippen LogP contribution is 2.45. The molecule has 2 heterocycles. The first-order valence-corrected chi connectivity index (χ1v) is 8.80. The van der Waals surface area contributed by atoms with Crippen LogP contribution in [-0.4, -0.2) is 33.8 Å². The van der Waals surface area contributed by atoms with Gasteiger partial charge in [0.15, 0.2) is 0 Å². The van der Waals surface area contributed by atoms with E-state index in [9.17, 15) is 4.79 Å². The molecule has 1 aromatic heterocycles. The Kier molecular flexibility index (Phi) is 3.79. The van der Waals surface area contributed by atoms with Gasteiger partial charge in [-0.25, -0.2) is 4.79 Å². The molecule has 1 aliphatic heterocycles. The molecule has 1 saturated carbocycles. The molecule has 4 rings (SSSR count). The summed E-state index contributed by atoms with van der Waals surface area (Å²) in [7, 11) is 1.90. The van der Waals surface area contributed by atoms with Crippen molar-refractivity contribution in [3.8, 4) is 11.3 Å². The molecule has 5 nitrogen and oxygen atoms in total. The first-order chi connectivity index (χ1) is 11.7. The van der Waals surface area contributed by atoms with Crippen LogP contribution in [0.15, 0.2) is 36.5 Å². The second-order valence-electron chi connectivity index (χ2n) is 7.21. The van der Waals surface area contributed by atoms with Crippen LogP contribution >= 0.6 is 0 Å². The first-order valence-electron chi connectivity index (χ1n) is 8.80. The molecule has 1 spiro atoms. The highest BCUT2D eigenvalue weighted by Gasteiger charge is 2.41. The van der Waals surface area contributed by atoms with Crippen molar-refractivity contribution in [3.05, 3.63) is 36.5 Å². The van der Waals surface area contributed by atoms with Crippen molar-refractivity contribution < 1.29 is 4.79 Å². The third-order valence-corrected chi connectivity index (χ3v) is 5.62. The number of rotatable bonds is 2. The largest absolute Gasteiger partial charge is 0.324 e. The number of carbonyl (C=O) groups excluding carboxylic acids is 1. The molecular formula is C19H24N4O. The Bertz CT molecular complexity index is 731. The van der Waals surface area contributed by atoms with Gasteiger partial charge in [0.05, 0.1) is 17.6 Å². The number of likely N-dealkylation sites (tertiary alicyclic amines) is 1. The lowest BCUT2D eigenvalue weighted by Crippen LogP contribution is -2.34. The fraction of sp³-hybridized carbons (Fsp3) is 0.474. The number of aryl methyl sites for hydroxylation is 1. The molecule has 1 N–H and O–H groups in total. The highest BCUT2D eigenvalue weighted by molar-refractivity contribution is 5.93. The van der Waals surface area contributed by atoms with Gasteiger partial charge in [-0.2, -0.15) is 5.10 Å². The Hall–Kier alpha value is -2.30. The zero-order valence-electron chi connectivity index (χ0n) is 14.2. The van der Waals surface area contributed by atoms with Crippen LogP contribution in [0.2, 0.25) is 0 Å². The van der Waals surface area contributed by atoms with E-state index < -0.39 is 0 Å². The zero-order chi connectivity index (χ0) is 16.6. The molecule has 24 heavy (non-hydrogen) atoms. The van der Waals surface area contributed by atoms with Crippen molar-refractivity contribution in [2.75, 3.05) is 18.4 Å². The molecule has 2 fully saturated rings. The van der Waals surface area contributed by atoms with Crippen molar-refractivity contribution in [2.45, 2.75) is 32.1 Å². The molecule has 5 heteroatoms. The smallest absolute Gasteiger partial charge is 0.321 e. The summed E-state index contributed by atoms with van der Waals surface area (Å²) in [6.07, 6.45) is 8.07. The van der Waals surface area contributed by atoms with E-state index in [1.807, 2.05) is 47.0 Å². The van der Waals surface area contributed by atoms with Gasteiger partial charge in [0, 0.05) is 25.7 Å². The number of nitrogens with zero attached hydrogens (tertiary/aromatic N) is 3. The van der Waals surface area contributed by atoms with Crippen LogP contribution in [0.3, 0.4) is 0 Å². The minimum Gasteiger partial charge on any atom is -0.324 e. The van der Waals surface area contributed by atoms with Crippen LogP contribution in [0.1, 0.15) is 32.1 Å². The van der Waals surface area contributed by atoms with E-state index in [2.05, 4.69) is 10.4 Å². The van der Waals surface area contributed by atoms with Gasteiger partial charge in [0.25, 0.3) is 0 Å². The summed E-state index contributed by atoms with van der Waals surface area (Å²) >= 11 is 0. The predicted octanol–water partition coefficient (Wildman–Crippen LogP) is 3.89. The fourth-order valence-corrected chi connectivity index (χ4v) is 4.30. The summed E-state index contributed by atoms with van der Waals surface area (Å²) < 4.78 is 1.81. The van der Waals surface area contributed by atoms with Crippen LogP contribution in [0.4, 0.5) is 10.5 Å². The Labute approximate surface area is 142 Å². The Morgan fingerprint density at radius 2 is 1.92 bits per heavy atom. The van der Waals surface area contributed by atoms with Crippen LogP contribution < -0.4 is 5.32 Å². The van der Waals surface area contributed by atoms with Crippen LogP contribution in [-0.2, 0) is 7.05 Å². The molecule has 1 aliphatic carbocycles. The predicted molar refractivity (Wildman–Crippen MR) is 94.8 cm³/mol. The molecule has 2 amide bonds. The van der Waals surface area contributed by atoms with Gasteiger partial charge in [0.2, 0.25) is 0 Å². The average molecular weight is 324 g/mol. The zero-order valence-corrected chi connectivity index (χ0v) is 14.2. The Morgan fingerprint density at radius 1 is 1.17 bits per heavy atom.